The van der Waals surface area contributed by atoms with Gasteiger partial charge in [-0.25, -0.2) is 9.18 Å². The molecule has 4 nitrogen and oxygen atoms in total. The summed E-state index contributed by atoms with van der Waals surface area (Å²) in [6, 6.07) is 4.35. The second-order valence-electron chi connectivity index (χ2n) is 4.64. The van der Waals surface area contributed by atoms with Crippen molar-refractivity contribution < 1.29 is 4.39 Å². The van der Waals surface area contributed by atoms with E-state index in [1.165, 1.54) is 12.1 Å². The predicted octanol–water partition coefficient (Wildman–Crippen LogP) is 1.53. The monoisotopic (exact) mass is 247 g/mol. The maximum atomic E-state index is 13.4. The summed E-state index contributed by atoms with van der Waals surface area (Å²) < 4.78 is 13.4. The summed E-state index contributed by atoms with van der Waals surface area (Å²) in [5, 5.41) is 4.00. The van der Waals surface area contributed by atoms with Gasteiger partial charge in [-0.1, -0.05) is 0 Å². The minimum Gasteiger partial charge on any atom is -0.317 e. The van der Waals surface area contributed by atoms with E-state index in [9.17, 15) is 9.18 Å². The first-order valence-electron chi connectivity index (χ1n) is 6.14. The molecule has 0 spiro atoms. The number of aromatic nitrogens is 2. The van der Waals surface area contributed by atoms with E-state index in [1.807, 2.05) is 0 Å². The Kier molecular flexibility index (Phi) is 2.83. The van der Waals surface area contributed by atoms with E-state index in [2.05, 4.69) is 15.3 Å². The van der Waals surface area contributed by atoms with Gasteiger partial charge in [0, 0.05) is 17.0 Å². The van der Waals surface area contributed by atoms with E-state index >= 15 is 0 Å². The molecule has 2 aromatic rings. The third kappa shape index (κ3) is 2.01. The summed E-state index contributed by atoms with van der Waals surface area (Å²) in [6.45, 7) is 1.84. The van der Waals surface area contributed by atoms with Crippen molar-refractivity contribution in [2.24, 2.45) is 0 Å². The second-order valence-corrected chi connectivity index (χ2v) is 4.64. The molecule has 1 aliphatic rings. The number of rotatable bonds is 1. The molecule has 1 aromatic carbocycles. The van der Waals surface area contributed by atoms with Gasteiger partial charge in [0.25, 0.3) is 0 Å². The Labute approximate surface area is 103 Å². The Balaban J connectivity index is 2.19. The number of aromatic amines is 1. The van der Waals surface area contributed by atoms with Gasteiger partial charge in [-0.05, 0) is 44.1 Å². The van der Waals surface area contributed by atoms with Crippen molar-refractivity contribution in [1.29, 1.82) is 0 Å². The van der Waals surface area contributed by atoms with E-state index in [0.717, 1.165) is 37.0 Å². The Morgan fingerprint density at radius 2 is 2.06 bits per heavy atom. The van der Waals surface area contributed by atoms with E-state index in [0.29, 0.717) is 5.52 Å². The Morgan fingerprint density at radius 3 is 2.83 bits per heavy atom. The van der Waals surface area contributed by atoms with Crippen LogP contribution in [0.4, 0.5) is 4.39 Å². The summed E-state index contributed by atoms with van der Waals surface area (Å²) in [7, 11) is 0. The van der Waals surface area contributed by atoms with Crippen LogP contribution in [0.15, 0.2) is 23.0 Å². The maximum Gasteiger partial charge on any atom is 0.345 e. The van der Waals surface area contributed by atoms with Gasteiger partial charge in [-0.3, -0.25) is 0 Å². The van der Waals surface area contributed by atoms with E-state index in [1.54, 1.807) is 6.07 Å². The number of benzene rings is 1. The average molecular weight is 247 g/mol. The normalized spacial score (nSPS) is 17.2. The summed E-state index contributed by atoms with van der Waals surface area (Å²) in [4.78, 5) is 18.2. The molecule has 3 rings (SSSR count). The highest BCUT2D eigenvalue weighted by atomic mass is 19.1. The molecule has 18 heavy (non-hydrogen) atoms. The summed E-state index contributed by atoms with van der Waals surface area (Å²) >= 11 is 0. The van der Waals surface area contributed by atoms with E-state index in [-0.39, 0.29) is 17.4 Å². The topological polar surface area (TPSA) is 57.8 Å². The number of fused-ring (bicyclic) bond motifs is 1. The van der Waals surface area contributed by atoms with Gasteiger partial charge < -0.3 is 10.3 Å². The van der Waals surface area contributed by atoms with Crippen molar-refractivity contribution in [3.05, 3.63) is 40.2 Å². The summed E-state index contributed by atoms with van der Waals surface area (Å²) in [5.74, 6) is -0.0298. The van der Waals surface area contributed by atoms with Crippen molar-refractivity contribution in [2.75, 3.05) is 13.1 Å². The standard InChI is InChI=1S/C13H14FN3O/c14-9-1-2-11-10(7-9)12(17-13(18)16-11)8-3-5-15-6-4-8/h1-2,7-8,15H,3-6H2,(H,16,17,18). The van der Waals surface area contributed by atoms with Crippen LogP contribution in [0, 0.1) is 5.82 Å². The molecule has 2 heterocycles. The number of H-pyrrole nitrogens is 1. The minimum absolute atomic E-state index is 0.270. The van der Waals surface area contributed by atoms with Gasteiger partial charge in [0.2, 0.25) is 0 Å². The summed E-state index contributed by atoms with van der Waals surface area (Å²) in [5.41, 5.74) is 1.03. The zero-order valence-electron chi connectivity index (χ0n) is 9.87. The van der Waals surface area contributed by atoms with Gasteiger partial charge in [-0.15, -0.1) is 0 Å². The number of nitrogens with zero attached hydrogens (tertiary/aromatic N) is 1. The summed E-state index contributed by atoms with van der Waals surface area (Å²) in [6.07, 6.45) is 1.90. The van der Waals surface area contributed by atoms with Crippen molar-refractivity contribution in [1.82, 2.24) is 15.3 Å². The Hall–Kier alpha value is -1.75. The third-order valence-electron chi connectivity index (χ3n) is 3.46. The fraction of sp³-hybridized carbons (Fsp3) is 0.385. The van der Waals surface area contributed by atoms with Crippen LogP contribution in [0.3, 0.4) is 0 Å². The van der Waals surface area contributed by atoms with Crippen LogP contribution < -0.4 is 11.0 Å². The molecule has 5 heteroatoms. The molecule has 1 saturated heterocycles. The van der Waals surface area contributed by atoms with Gasteiger partial charge >= 0.3 is 5.69 Å². The van der Waals surface area contributed by atoms with Crippen molar-refractivity contribution >= 4 is 10.9 Å². The highest BCUT2D eigenvalue weighted by Gasteiger charge is 2.19. The van der Waals surface area contributed by atoms with Crippen molar-refractivity contribution in [3.63, 3.8) is 0 Å². The van der Waals surface area contributed by atoms with Crippen LogP contribution in [-0.4, -0.2) is 23.1 Å². The van der Waals surface area contributed by atoms with Crippen LogP contribution >= 0.6 is 0 Å². The number of halogens is 1. The molecule has 94 valence electrons. The van der Waals surface area contributed by atoms with E-state index in [4.69, 9.17) is 0 Å². The molecular weight excluding hydrogens is 233 g/mol. The highest BCUT2D eigenvalue weighted by molar-refractivity contribution is 5.81. The first kappa shape index (κ1) is 11.3. The molecule has 0 aliphatic carbocycles. The molecule has 0 radical (unpaired) electrons. The predicted molar refractivity (Wildman–Crippen MR) is 67.2 cm³/mol. The molecule has 1 aromatic heterocycles. The number of hydrogen-bond acceptors (Lipinski definition) is 3. The van der Waals surface area contributed by atoms with Crippen LogP contribution in [0.1, 0.15) is 24.5 Å². The Bertz CT molecular complexity index is 632. The lowest BCUT2D eigenvalue weighted by Crippen LogP contribution is -2.28. The molecule has 0 saturated carbocycles. The number of nitrogens with one attached hydrogen (secondary N) is 2. The first-order valence-corrected chi connectivity index (χ1v) is 6.14. The lowest BCUT2D eigenvalue weighted by Gasteiger charge is -2.23. The third-order valence-corrected chi connectivity index (χ3v) is 3.46. The zero-order chi connectivity index (χ0) is 12.5. The van der Waals surface area contributed by atoms with Gasteiger partial charge in [-0.2, -0.15) is 4.98 Å². The van der Waals surface area contributed by atoms with Crippen molar-refractivity contribution in [3.8, 4) is 0 Å². The van der Waals surface area contributed by atoms with E-state index < -0.39 is 0 Å². The molecule has 0 atom stereocenters. The van der Waals surface area contributed by atoms with Gasteiger partial charge in [0.05, 0.1) is 5.52 Å². The van der Waals surface area contributed by atoms with Crippen LogP contribution in [0.5, 0.6) is 0 Å². The highest BCUT2D eigenvalue weighted by Crippen LogP contribution is 2.28. The molecule has 0 amide bonds. The van der Waals surface area contributed by atoms with Crippen molar-refractivity contribution in [2.45, 2.75) is 18.8 Å². The molecule has 2 N–H and O–H groups in total. The molecule has 0 unspecified atom stereocenters. The SMILES string of the molecule is O=c1nc2ccc(F)cc2c(C2CCNCC2)[nH]1. The molecule has 1 aliphatic heterocycles. The quantitative estimate of drug-likeness (QED) is 0.803. The van der Waals surface area contributed by atoms with Crippen LogP contribution in [0.2, 0.25) is 0 Å². The lowest BCUT2D eigenvalue weighted by molar-refractivity contribution is 0.454. The maximum absolute atomic E-state index is 13.4. The minimum atomic E-state index is -0.359. The van der Waals surface area contributed by atoms with Crippen LogP contribution in [-0.2, 0) is 0 Å². The molecular formula is C13H14FN3O. The molecule has 0 bridgehead atoms. The fourth-order valence-corrected chi connectivity index (χ4v) is 2.57. The largest absolute Gasteiger partial charge is 0.345 e. The smallest absolute Gasteiger partial charge is 0.317 e. The van der Waals surface area contributed by atoms with Gasteiger partial charge in [0.15, 0.2) is 0 Å². The van der Waals surface area contributed by atoms with Crippen LogP contribution in [0.25, 0.3) is 10.9 Å². The number of piperidine rings is 1. The lowest BCUT2D eigenvalue weighted by atomic mass is 9.92. The fourth-order valence-electron chi connectivity index (χ4n) is 2.57. The van der Waals surface area contributed by atoms with Gasteiger partial charge in [0.1, 0.15) is 5.82 Å². The Morgan fingerprint density at radius 1 is 1.28 bits per heavy atom. The zero-order valence-corrected chi connectivity index (χ0v) is 9.87. The second kappa shape index (κ2) is 4.49. The average Bonchev–Trinajstić information content (AvgIpc) is 2.39. The number of hydrogen-bond donors (Lipinski definition) is 2. The molecule has 1 fully saturated rings. The first-order chi connectivity index (χ1) is 8.74.